The molecule has 2 rings (SSSR count). The Morgan fingerprint density at radius 3 is 2.64 bits per heavy atom. The maximum atomic E-state index is 12.6. The molecule has 0 bridgehead atoms. The second-order valence-electron chi connectivity index (χ2n) is 5.81. The van der Waals surface area contributed by atoms with Gasteiger partial charge in [0.25, 0.3) is 5.91 Å². The molecular weight excluding hydrogens is 408 g/mol. The van der Waals surface area contributed by atoms with Crippen molar-refractivity contribution in [3.05, 3.63) is 40.5 Å². The molecule has 0 spiro atoms. The fraction of sp³-hybridized carbons (Fsp3) is 0.375. The Balaban J connectivity index is 2.34. The van der Waals surface area contributed by atoms with Crippen LogP contribution in [0.25, 0.3) is 0 Å². The summed E-state index contributed by atoms with van der Waals surface area (Å²) >= 11 is 3.23. The van der Waals surface area contributed by atoms with E-state index in [1.54, 1.807) is 29.1 Å². The van der Waals surface area contributed by atoms with Crippen LogP contribution in [0, 0.1) is 0 Å². The topological polar surface area (TPSA) is 84.3 Å². The number of benzene rings is 1. The zero-order chi connectivity index (χ0) is 18.8. The summed E-state index contributed by atoms with van der Waals surface area (Å²) in [6, 6.07) is 6.33. The highest BCUT2D eigenvalue weighted by molar-refractivity contribution is 9.10. The Hall–Kier alpha value is -1.71. The van der Waals surface area contributed by atoms with Crippen molar-refractivity contribution < 1.29 is 13.2 Å². The normalized spacial score (nSPS) is 13.0. The first kappa shape index (κ1) is 19.6. The number of hydrogen-bond acceptors (Lipinski definition) is 4. The maximum absolute atomic E-state index is 12.6. The summed E-state index contributed by atoms with van der Waals surface area (Å²) in [4.78, 5) is 12.6. The molecule has 0 aliphatic rings. The highest BCUT2D eigenvalue weighted by Crippen LogP contribution is 2.26. The molecular formula is C16H21BrN4O3S. The molecule has 9 heteroatoms. The van der Waals surface area contributed by atoms with E-state index in [1.807, 2.05) is 13.8 Å². The lowest BCUT2D eigenvalue weighted by Crippen LogP contribution is -2.23. The Morgan fingerprint density at radius 1 is 1.36 bits per heavy atom. The SMILES string of the molecule is CCC(C)n1nccc1NC(=O)c1ccc(Br)c(S(=O)(=O)N(C)C)c1. The van der Waals surface area contributed by atoms with E-state index in [1.165, 1.54) is 20.2 Å². The molecule has 25 heavy (non-hydrogen) atoms. The van der Waals surface area contributed by atoms with Crippen molar-refractivity contribution in [2.45, 2.75) is 31.2 Å². The van der Waals surface area contributed by atoms with Crippen LogP contribution in [0.2, 0.25) is 0 Å². The average molecular weight is 429 g/mol. The van der Waals surface area contributed by atoms with Gasteiger partial charge >= 0.3 is 0 Å². The Kier molecular flexibility index (Phi) is 6.02. The van der Waals surface area contributed by atoms with E-state index >= 15 is 0 Å². The number of nitrogens with one attached hydrogen (secondary N) is 1. The second-order valence-corrected chi connectivity index (χ2v) is 8.78. The van der Waals surface area contributed by atoms with Crippen molar-refractivity contribution in [3.8, 4) is 0 Å². The third-order valence-electron chi connectivity index (χ3n) is 3.87. The van der Waals surface area contributed by atoms with Crippen LogP contribution in [0.15, 0.2) is 39.8 Å². The summed E-state index contributed by atoms with van der Waals surface area (Å²) in [5.41, 5.74) is 0.250. The quantitative estimate of drug-likeness (QED) is 0.765. The third-order valence-corrected chi connectivity index (χ3v) is 6.68. The Labute approximate surface area is 156 Å². The zero-order valence-corrected chi connectivity index (χ0v) is 16.9. The van der Waals surface area contributed by atoms with E-state index in [2.05, 4.69) is 26.3 Å². The summed E-state index contributed by atoms with van der Waals surface area (Å²) in [7, 11) is -0.775. The van der Waals surface area contributed by atoms with Gasteiger partial charge in [0.2, 0.25) is 10.0 Å². The van der Waals surface area contributed by atoms with Crippen molar-refractivity contribution in [1.29, 1.82) is 0 Å². The molecule has 1 atom stereocenters. The third kappa shape index (κ3) is 4.10. The number of halogens is 1. The van der Waals surface area contributed by atoms with Gasteiger partial charge in [0.15, 0.2) is 0 Å². The molecule has 0 saturated heterocycles. The summed E-state index contributed by atoms with van der Waals surface area (Å²) in [5.74, 6) is 0.173. The predicted molar refractivity (Wildman–Crippen MR) is 100 cm³/mol. The van der Waals surface area contributed by atoms with Crippen LogP contribution in [0.5, 0.6) is 0 Å². The molecule has 0 fully saturated rings. The molecule has 136 valence electrons. The standard InChI is InChI=1S/C16H21BrN4O3S/c1-5-11(2)21-15(8-9-18-21)19-16(22)12-6-7-13(17)14(10-12)25(23,24)20(3)4/h6-11H,5H2,1-4H3,(H,19,22). The predicted octanol–water partition coefficient (Wildman–Crippen LogP) is 3.12. The van der Waals surface area contributed by atoms with Gasteiger partial charge in [-0.05, 0) is 47.5 Å². The number of nitrogens with zero attached hydrogens (tertiary/aromatic N) is 3. The van der Waals surface area contributed by atoms with E-state index in [0.29, 0.717) is 10.3 Å². The number of rotatable bonds is 6. The van der Waals surface area contributed by atoms with Crippen molar-refractivity contribution >= 4 is 37.7 Å². The lowest BCUT2D eigenvalue weighted by molar-refractivity contribution is 0.102. The minimum Gasteiger partial charge on any atom is -0.307 e. The van der Waals surface area contributed by atoms with Crippen LogP contribution in [-0.4, -0.2) is 42.5 Å². The van der Waals surface area contributed by atoms with Gasteiger partial charge in [-0.15, -0.1) is 0 Å². The van der Waals surface area contributed by atoms with Gasteiger partial charge in [0.1, 0.15) is 5.82 Å². The number of hydrogen-bond donors (Lipinski definition) is 1. The smallest absolute Gasteiger partial charge is 0.256 e. The van der Waals surface area contributed by atoms with Crippen LogP contribution in [0.4, 0.5) is 5.82 Å². The minimum atomic E-state index is -3.66. The van der Waals surface area contributed by atoms with Crippen LogP contribution >= 0.6 is 15.9 Å². The molecule has 1 amide bonds. The van der Waals surface area contributed by atoms with E-state index in [9.17, 15) is 13.2 Å². The molecule has 1 heterocycles. The van der Waals surface area contributed by atoms with Gasteiger partial charge in [-0.25, -0.2) is 17.4 Å². The van der Waals surface area contributed by atoms with Crippen LogP contribution in [0.3, 0.4) is 0 Å². The molecule has 2 aromatic rings. The maximum Gasteiger partial charge on any atom is 0.256 e. The molecule has 1 unspecified atom stereocenters. The van der Waals surface area contributed by atoms with Crippen molar-refractivity contribution in [3.63, 3.8) is 0 Å². The monoisotopic (exact) mass is 428 g/mol. The molecule has 7 nitrogen and oxygen atoms in total. The van der Waals surface area contributed by atoms with Crippen LogP contribution < -0.4 is 5.32 Å². The lowest BCUT2D eigenvalue weighted by atomic mass is 10.2. The van der Waals surface area contributed by atoms with E-state index in [0.717, 1.165) is 10.7 Å². The average Bonchev–Trinajstić information content (AvgIpc) is 3.02. The fourth-order valence-electron chi connectivity index (χ4n) is 2.16. The molecule has 0 radical (unpaired) electrons. The van der Waals surface area contributed by atoms with Crippen LogP contribution in [-0.2, 0) is 10.0 Å². The lowest BCUT2D eigenvalue weighted by Gasteiger charge is -2.15. The Bertz CT molecular complexity index is 877. The first-order chi connectivity index (χ1) is 11.7. The van der Waals surface area contributed by atoms with E-state index in [-0.39, 0.29) is 16.5 Å². The van der Waals surface area contributed by atoms with E-state index < -0.39 is 15.9 Å². The number of aromatic nitrogens is 2. The van der Waals surface area contributed by atoms with Crippen molar-refractivity contribution in [2.24, 2.45) is 0 Å². The number of carbonyl (C=O) groups is 1. The van der Waals surface area contributed by atoms with E-state index in [4.69, 9.17) is 0 Å². The largest absolute Gasteiger partial charge is 0.307 e. The van der Waals surface area contributed by atoms with Crippen molar-refractivity contribution in [2.75, 3.05) is 19.4 Å². The van der Waals surface area contributed by atoms with Gasteiger partial charge in [-0.2, -0.15) is 5.10 Å². The number of sulfonamides is 1. The number of anilines is 1. The molecule has 1 N–H and O–H groups in total. The first-order valence-electron chi connectivity index (χ1n) is 7.75. The van der Waals surface area contributed by atoms with Crippen LogP contribution in [0.1, 0.15) is 36.7 Å². The first-order valence-corrected chi connectivity index (χ1v) is 9.98. The highest BCUT2D eigenvalue weighted by Gasteiger charge is 2.22. The molecule has 0 saturated carbocycles. The van der Waals surface area contributed by atoms with Crippen molar-refractivity contribution in [1.82, 2.24) is 14.1 Å². The van der Waals surface area contributed by atoms with Gasteiger partial charge < -0.3 is 5.32 Å². The summed E-state index contributed by atoms with van der Waals surface area (Å²) in [6.45, 7) is 4.04. The number of carbonyl (C=O) groups excluding carboxylic acids is 1. The minimum absolute atomic E-state index is 0.0422. The van der Waals surface area contributed by atoms with Gasteiger partial charge in [-0.1, -0.05) is 6.92 Å². The molecule has 0 aliphatic heterocycles. The zero-order valence-electron chi connectivity index (χ0n) is 14.5. The highest BCUT2D eigenvalue weighted by atomic mass is 79.9. The molecule has 1 aromatic carbocycles. The number of amides is 1. The second kappa shape index (κ2) is 7.67. The van der Waals surface area contributed by atoms with Gasteiger partial charge in [0.05, 0.1) is 17.1 Å². The fourth-order valence-corrected chi connectivity index (χ4v) is 4.01. The summed E-state index contributed by atoms with van der Waals surface area (Å²) in [6.07, 6.45) is 2.49. The van der Waals surface area contributed by atoms with Gasteiger partial charge in [0, 0.05) is 30.2 Å². The molecule has 1 aromatic heterocycles. The summed E-state index contributed by atoms with van der Waals surface area (Å²) < 4.78 is 28.0. The van der Waals surface area contributed by atoms with Gasteiger partial charge in [-0.3, -0.25) is 4.79 Å². The summed E-state index contributed by atoms with van der Waals surface area (Å²) in [5, 5.41) is 7.01. The molecule has 0 aliphatic carbocycles. The Morgan fingerprint density at radius 2 is 2.04 bits per heavy atom.